The van der Waals surface area contributed by atoms with Crippen molar-refractivity contribution in [2.24, 2.45) is 0 Å². The van der Waals surface area contributed by atoms with Gasteiger partial charge in [-0.3, -0.25) is 9.59 Å². The summed E-state index contributed by atoms with van der Waals surface area (Å²) in [5.74, 6) is 0.941. The lowest BCUT2D eigenvalue weighted by atomic mass is 10.0. The number of amides is 2. The number of ether oxygens (including phenoxy) is 2. The highest BCUT2D eigenvalue weighted by molar-refractivity contribution is 6.30. The SMILES string of the molecule is COc1ccccc1C(=O)N1CCC(NC(=O)C(C)Oc2ccc(Cl)cc2)CC1. The largest absolute Gasteiger partial charge is 0.496 e. The molecule has 1 fully saturated rings. The third-order valence-electron chi connectivity index (χ3n) is 4.96. The van der Waals surface area contributed by atoms with Crippen molar-refractivity contribution < 1.29 is 19.1 Å². The summed E-state index contributed by atoms with van der Waals surface area (Å²) in [5, 5.41) is 3.63. The van der Waals surface area contributed by atoms with Gasteiger partial charge in [-0.2, -0.15) is 0 Å². The van der Waals surface area contributed by atoms with Crippen LogP contribution in [0.5, 0.6) is 11.5 Å². The molecule has 0 aromatic heterocycles. The fraction of sp³-hybridized carbons (Fsp3) is 0.364. The smallest absolute Gasteiger partial charge is 0.260 e. The highest BCUT2D eigenvalue weighted by atomic mass is 35.5. The number of hydrogen-bond acceptors (Lipinski definition) is 4. The molecule has 1 atom stereocenters. The van der Waals surface area contributed by atoms with Gasteiger partial charge in [0.05, 0.1) is 12.7 Å². The quantitative estimate of drug-likeness (QED) is 0.782. The minimum atomic E-state index is -0.621. The molecule has 2 amide bonds. The van der Waals surface area contributed by atoms with Crippen molar-refractivity contribution in [3.05, 3.63) is 59.1 Å². The maximum Gasteiger partial charge on any atom is 0.260 e. The lowest BCUT2D eigenvalue weighted by Crippen LogP contribution is -2.49. The minimum Gasteiger partial charge on any atom is -0.496 e. The number of likely N-dealkylation sites (tertiary alicyclic amines) is 1. The number of benzene rings is 2. The van der Waals surface area contributed by atoms with Crippen molar-refractivity contribution >= 4 is 23.4 Å². The first-order valence-electron chi connectivity index (χ1n) is 9.63. The van der Waals surface area contributed by atoms with Crippen LogP contribution in [0.4, 0.5) is 0 Å². The van der Waals surface area contributed by atoms with E-state index in [-0.39, 0.29) is 17.9 Å². The molecule has 154 valence electrons. The first kappa shape index (κ1) is 21.0. The molecule has 1 aliphatic rings. The van der Waals surface area contributed by atoms with Crippen molar-refractivity contribution in [2.45, 2.75) is 31.9 Å². The summed E-state index contributed by atoms with van der Waals surface area (Å²) < 4.78 is 11.0. The number of nitrogens with zero attached hydrogens (tertiary/aromatic N) is 1. The van der Waals surface area contributed by atoms with Crippen LogP contribution in [0.25, 0.3) is 0 Å². The van der Waals surface area contributed by atoms with Crippen LogP contribution in [-0.2, 0) is 4.79 Å². The predicted octanol–water partition coefficient (Wildman–Crippen LogP) is 3.54. The summed E-state index contributed by atoms with van der Waals surface area (Å²) >= 11 is 5.86. The van der Waals surface area contributed by atoms with Crippen molar-refractivity contribution in [3.63, 3.8) is 0 Å². The van der Waals surface area contributed by atoms with Crippen LogP contribution in [-0.4, -0.2) is 49.1 Å². The van der Waals surface area contributed by atoms with E-state index in [0.29, 0.717) is 48.0 Å². The zero-order valence-corrected chi connectivity index (χ0v) is 17.3. The summed E-state index contributed by atoms with van der Waals surface area (Å²) in [4.78, 5) is 27.0. The Hall–Kier alpha value is -2.73. The molecule has 1 aliphatic heterocycles. The van der Waals surface area contributed by atoms with E-state index in [0.717, 1.165) is 0 Å². The van der Waals surface area contributed by atoms with E-state index in [1.165, 1.54) is 0 Å². The van der Waals surface area contributed by atoms with Gasteiger partial charge < -0.3 is 19.7 Å². The summed E-state index contributed by atoms with van der Waals surface area (Å²) in [6.45, 7) is 2.87. The third-order valence-corrected chi connectivity index (χ3v) is 5.21. The molecule has 29 heavy (non-hydrogen) atoms. The van der Waals surface area contributed by atoms with Crippen LogP contribution in [0.15, 0.2) is 48.5 Å². The Morgan fingerprint density at radius 2 is 1.76 bits per heavy atom. The Balaban J connectivity index is 1.49. The number of rotatable bonds is 6. The number of methoxy groups -OCH3 is 1. The number of nitrogens with one attached hydrogen (secondary N) is 1. The number of hydrogen-bond donors (Lipinski definition) is 1. The summed E-state index contributed by atoms with van der Waals surface area (Å²) in [7, 11) is 1.56. The van der Waals surface area contributed by atoms with E-state index in [1.807, 2.05) is 12.1 Å². The topological polar surface area (TPSA) is 67.9 Å². The fourth-order valence-electron chi connectivity index (χ4n) is 3.31. The molecule has 1 N–H and O–H groups in total. The van der Waals surface area contributed by atoms with Gasteiger partial charge in [0.1, 0.15) is 11.5 Å². The van der Waals surface area contributed by atoms with Crippen LogP contribution in [0.3, 0.4) is 0 Å². The first-order chi connectivity index (χ1) is 14.0. The van der Waals surface area contributed by atoms with Gasteiger partial charge in [0.15, 0.2) is 6.10 Å². The van der Waals surface area contributed by atoms with Gasteiger partial charge in [-0.25, -0.2) is 0 Å². The van der Waals surface area contributed by atoms with Crippen molar-refractivity contribution in [1.82, 2.24) is 10.2 Å². The molecule has 0 bridgehead atoms. The van der Waals surface area contributed by atoms with Gasteiger partial charge in [0.25, 0.3) is 11.8 Å². The van der Waals surface area contributed by atoms with Crippen molar-refractivity contribution in [1.29, 1.82) is 0 Å². The second kappa shape index (κ2) is 9.65. The lowest BCUT2D eigenvalue weighted by molar-refractivity contribution is -0.128. The second-order valence-corrected chi connectivity index (χ2v) is 7.43. The number of piperidine rings is 1. The number of carbonyl (C=O) groups excluding carboxylic acids is 2. The third kappa shape index (κ3) is 5.41. The average Bonchev–Trinajstić information content (AvgIpc) is 2.75. The molecule has 6 nitrogen and oxygen atoms in total. The monoisotopic (exact) mass is 416 g/mol. The van der Waals surface area contributed by atoms with E-state index >= 15 is 0 Å². The van der Waals surface area contributed by atoms with Crippen LogP contribution < -0.4 is 14.8 Å². The highest BCUT2D eigenvalue weighted by Crippen LogP contribution is 2.22. The highest BCUT2D eigenvalue weighted by Gasteiger charge is 2.27. The zero-order valence-electron chi connectivity index (χ0n) is 16.6. The molecular formula is C22H25ClN2O4. The second-order valence-electron chi connectivity index (χ2n) is 6.99. The Bertz CT molecular complexity index is 848. The van der Waals surface area contributed by atoms with Gasteiger partial charge in [-0.15, -0.1) is 0 Å². The van der Waals surface area contributed by atoms with Gasteiger partial charge in [0.2, 0.25) is 0 Å². The molecule has 2 aromatic carbocycles. The molecule has 2 aromatic rings. The molecule has 0 aliphatic carbocycles. The normalized spacial score (nSPS) is 15.5. The molecule has 0 saturated carbocycles. The van der Waals surface area contributed by atoms with Gasteiger partial charge in [-0.1, -0.05) is 23.7 Å². The number of para-hydroxylation sites is 1. The van der Waals surface area contributed by atoms with Gasteiger partial charge in [0, 0.05) is 24.2 Å². The van der Waals surface area contributed by atoms with E-state index in [4.69, 9.17) is 21.1 Å². The van der Waals surface area contributed by atoms with Crippen LogP contribution >= 0.6 is 11.6 Å². The standard InChI is InChI=1S/C22H25ClN2O4/c1-15(29-18-9-7-16(23)8-10-18)21(26)24-17-11-13-25(14-12-17)22(27)19-5-3-4-6-20(19)28-2/h3-10,15,17H,11-14H2,1-2H3,(H,24,26). The molecule has 7 heteroatoms. The lowest BCUT2D eigenvalue weighted by Gasteiger charge is -2.33. The fourth-order valence-corrected chi connectivity index (χ4v) is 3.43. The Morgan fingerprint density at radius 3 is 2.41 bits per heavy atom. The molecule has 0 radical (unpaired) electrons. The summed E-state index contributed by atoms with van der Waals surface area (Å²) in [5.41, 5.74) is 0.558. The summed E-state index contributed by atoms with van der Waals surface area (Å²) in [6.07, 6.45) is 0.769. The average molecular weight is 417 g/mol. The van der Waals surface area contributed by atoms with E-state index in [9.17, 15) is 9.59 Å². The molecule has 0 spiro atoms. The molecular weight excluding hydrogens is 392 g/mol. The Labute approximate surface area is 175 Å². The summed E-state index contributed by atoms with van der Waals surface area (Å²) in [6, 6.07) is 14.1. The Kier molecular flexibility index (Phi) is 6.99. The van der Waals surface area contributed by atoms with Crippen molar-refractivity contribution in [2.75, 3.05) is 20.2 Å². The molecule has 1 heterocycles. The van der Waals surface area contributed by atoms with Crippen LogP contribution in [0, 0.1) is 0 Å². The number of halogens is 1. The van der Waals surface area contributed by atoms with Crippen molar-refractivity contribution in [3.8, 4) is 11.5 Å². The van der Waals surface area contributed by atoms with E-state index in [2.05, 4.69) is 5.32 Å². The maximum atomic E-state index is 12.8. The minimum absolute atomic E-state index is 0.0143. The zero-order chi connectivity index (χ0) is 20.8. The first-order valence-corrected chi connectivity index (χ1v) is 10.0. The van der Waals surface area contributed by atoms with Gasteiger partial charge in [-0.05, 0) is 56.2 Å². The molecule has 3 rings (SSSR count). The molecule has 1 saturated heterocycles. The van der Waals surface area contributed by atoms with E-state index < -0.39 is 6.10 Å². The Morgan fingerprint density at radius 1 is 1.10 bits per heavy atom. The molecule has 1 unspecified atom stereocenters. The number of carbonyl (C=O) groups is 2. The maximum absolute atomic E-state index is 12.8. The van der Waals surface area contributed by atoms with Gasteiger partial charge >= 0.3 is 0 Å². The van der Waals surface area contributed by atoms with Crippen LogP contribution in [0.1, 0.15) is 30.1 Å². The predicted molar refractivity (Wildman–Crippen MR) is 112 cm³/mol. The van der Waals surface area contributed by atoms with Crippen LogP contribution in [0.2, 0.25) is 5.02 Å². The van der Waals surface area contributed by atoms with E-state index in [1.54, 1.807) is 55.3 Å².